The minimum atomic E-state index is -0.803. The fraction of sp³-hybridized carbons (Fsp3) is 0.409. The highest BCUT2D eigenvalue weighted by Crippen LogP contribution is 2.09. The van der Waals surface area contributed by atoms with E-state index < -0.39 is 23.8 Å². The summed E-state index contributed by atoms with van der Waals surface area (Å²) in [4.78, 5) is 46.5. The first kappa shape index (κ1) is 24.9. The minimum Gasteiger partial charge on any atom is -0.468 e. The lowest BCUT2D eigenvalue weighted by Crippen LogP contribution is -2.49. The Hall–Kier alpha value is -3.37. The largest absolute Gasteiger partial charge is 0.468 e. The van der Waals surface area contributed by atoms with Crippen LogP contribution in [0.3, 0.4) is 0 Å². The van der Waals surface area contributed by atoms with E-state index in [1.54, 1.807) is 12.4 Å². The van der Waals surface area contributed by atoms with E-state index in [4.69, 9.17) is 5.73 Å². The van der Waals surface area contributed by atoms with Gasteiger partial charge in [0.25, 0.3) is 0 Å². The van der Waals surface area contributed by atoms with Gasteiger partial charge in [0.05, 0.1) is 25.0 Å². The standard InChI is InChI=1S/C22H30N6O4/c1-32-21(30)14-26-22(31)19(27-20(29)13-23)9-6-12-28(15-17-7-2-4-10-24-17)16-18-8-3-5-11-25-18/h2-5,7-8,10-11,19H,6,9,12-16,23H2,1H3,(H,26,31)(H,27,29)/t19-/m1/s1. The molecule has 0 radical (unpaired) electrons. The van der Waals surface area contributed by atoms with Crippen molar-refractivity contribution in [2.45, 2.75) is 32.0 Å². The molecule has 2 amide bonds. The first-order chi connectivity index (χ1) is 15.5. The summed E-state index contributed by atoms with van der Waals surface area (Å²) in [6.07, 6.45) is 4.48. The van der Waals surface area contributed by atoms with Gasteiger partial charge in [-0.1, -0.05) is 12.1 Å². The molecule has 1 atom stereocenters. The Balaban J connectivity index is 1.99. The molecule has 2 heterocycles. The molecule has 0 aliphatic heterocycles. The Morgan fingerprint density at radius 2 is 1.69 bits per heavy atom. The summed E-state index contributed by atoms with van der Waals surface area (Å²) in [7, 11) is 1.24. The first-order valence-electron chi connectivity index (χ1n) is 10.4. The van der Waals surface area contributed by atoms with Crippen molar-refractivity contribution in [2.24, 2.45) is 5.73 Å². The van der Waals surface area contributed by atoms with Gasteiger partial charge in [-0.05, 0) is 43.7 Å². The SMILES string of the molecule is COC(=O)CNC(=O)[C@@H](CCCN(Cc1ccccn1)Cc1ccccn1)NC(=O)CN. The summed E-state index contributed by atoms with van der Waals surface area (Å²) >= 11 is 0. The number of carbonyl (C=O) groups excluding carboxylic acids is 3. The van der Waals surface area contributed by atoms with Crippen LogP contribution in [0.5, 0.6) is 0 Å². The lowest BCUT2D eigenvalue weighted by Gasteiger charge is -2.23. The average molecular weight is 443 g/mol. The Morgan fingerprint density at radius 3 is 2.19 bits per heavy atom. The molecule has 0 saturated heterocycles. The highest BCUT2D eigenvalue weighted by Gasteiger charge is 2.21. The van der Waals surface area contributed by atoms with E-state index in [-0.39, 0.29) is 13.1 Å². The fourth-order valence-electron chi connectivity index (χ4n) is 3.05. The second-order valence-electron chi connectivity index (χ2n) is 7.11. The Morgan fingerprint density at radius 1 is 1.06 bits per heavy atom. The molecule has 32 heavy (non-hydrogen) atoms. The maximum Gasteiger partial charge on any atom is 0.325 e. The number of methoxy groups -OCH3 is 1. The molecule has 4 N–H and O–H groups in total. The van der Waals surface area contributed by atoms with E-state index in [9.17, 15) is 14.4 Å². The highest BCUT2D eigenvalue weighted by atomic mass is 16.5. The molecule has 0 aliphatic rings. The summed E-state index contributed by atoms with van der Waals surface area (Å²) in [5.41, 5.74) is 7.22. The molecule has 0 aromatic carbocycles. The van der Waals surface area contributed by atoms with Gasteiger partial charge in [-0.15, -0.1) is 0 Å². The van der Waals surface area contributed by atoms with Crippen molar-refractivity contribution in [1.82, 2.24) is 25.5 Å². The molecule has 0 aliphatic carbocycles. The summed E-state index contributed by atoms with van der Waals surface area (Å²) in [6, 6.07) is 10.7. The fourth-order valence-corrected chi connectivity index (χ4v) is 3.05. The van der Waals surface area contributed by atoms with E-state index in [0.29, 0.717) is 32.5 Å². The quantitative estimate of drug-likeness (QED) is 0.368. The second-order valence-corrected chi connectivity index (χ2v) is 7.11. The minimum absolute atomic E-state index is 0.230. The number of nitrogens with one attached hydrogen (secondary N) is 2. The molecule has 0 bridgehead atoms. The lowest BCUT2D eigenvalue weighted by molar-refractivity contribution is -0.141. The Kier molecular flexibility index (Phi) is 10.8. The third kappa shape index (κ3) is 9.19. The molecule has 172 valence electrons. The number of nitrogens with zero attached hydrogens (tertiary/aromatic N) is 3. The third-order valence-electron chi connectivity index (χ3n) is 4.66. The molecule has 0 spiro atoms. The molecule has 10 nitrogen and oxygen atoms in total. The van der Waals surface area contributed by atoms with Crippen molar-refractivity contribution in [3.05, 3.63) is 60.2 Å². The van der Waals surface area contributed by atoms with Crippen molar-refractivity contribution < 1.29 is 19.1 Å². The Bertz CT molecular complexity index is 809. The monoisotopic (exact) mass is 442 g/mol. The summed E-state index contributed by atoms with van der Waals surface area (Å²) in [5.74, 6) is -1.47. The highest BCUT2D eigenvalue weighted by molar-refractivity contribution is 5.90. The van der Waals surface area contributed by atoms with Gasteiger partial charge in [0, 0.05) is 25.5 Å². The van der Waals surface area contributed by atoms with Crippen molar-refractivity contribution in [3.8, 4) is 0 Å². The maximum absolute atomic E-state index is 12.5. The van der Waals surface area contributed by atoms with Gasteiger partial charge in [-0.25, -0.2) is 0 Å². The number of hydrogen-bond acceptors (Lipinski definition) is 8. The maximum atomic E-state index is 12.5. The molecular formula is C22H30N6O4. The molecule has 2 aromatic rings. The van der Waals surface area contributed by atoms with Crippen LogP contribution in [-0.2, 0) is 32.2 Å². The van der Waals surface area contributed by atoms with Crippen molar-refractivity contribution in [3.63, 3.8) is 0 Å². The molecule has 0 unspecified atom stereocenters. The summed E-state index contributed by atoms with van der Waals surface area (Å²) in [6.45, 7) is 1.38. The predicted molar refractivity (Wildman–Crippen MR) is 118 cm³/mol. The van der Waals surface area contributed by atoms with E-state index in [1.165, 1.54) is 7.11 Å². The zero-order valence-electron chi connectivity index (χ0n) is 18.2. The van der Waals surface area contributed by atoms with E-state index in [0.717, 1.165) is 11.4 Å². The number of pyridine rings is 2. The van der Waals surface area contributed by atoms with Crippen LogP contribution in [0.25, 0.3) is 0 Å². The number of rotatable bonds is 13. The van der Waals surface area contributed by atoms with Gasteiger partial charge < -0.3 is 21.1 Å². The van der Waals surface area contributed by atoms with Gasteiger partial charge in [-0.3, -0.25) is 29.3 Å². The zero-order chi connectivity index (χ0) is 23.2. The topological polar surface area (TPSA) is 140 Å². The lowest BCUT2D eigenvalue weighted by atomic mass is 10.1. The summed E-state index contributed by atoms with van der Waals surface area (Å²) in [5, 5.41) is 5.09. The number of carbonyl (C=O) groups is 3. The number of esters is 1. The van der Waals surface area contributed by atoms with Crippen molar-refractivity contribution in [2.75, 3.05) is 26.7 Å². The van der Waals surface area contributed by atoms with Gasteiger partial charge in [0.15, 0.2) is 0 Å². The van der Waals surface area contributed by atoms with Crippen LogP contribution in [-0.4, -0.2) is 65.4 Å². The van der Waals surface area contributed by atoms with Gasteiger partial charge in [0.2, 0.25) is 11.8 Å². The molecule has 2 rings (SSSR count). The second kappa shape index (κ2) is 13.8. The number of nitrogens with two attached hydrogens (primary N) is 1. The molecule has 0 saturated carbocycles. The number of aromatic nitrogens is 2. The normalized spacial score (nSPS) is 11.6. The van der Waals surface area contributed by atoms with E-state index in [2.05, 4.69) is 30.2 Å². The van der Waals surface area contributed by atoms with Crippen LogP contribution in [0.2, 0.25) is 0 Å². The summed E-state index contributed by atoms with van der Waals surface area (Å²) < 4.78 is 4.53. The van der Waals surface area contributed by atoms with Crippen LogP contribution in [0.4, 0.5) is 0 Å². The molecule has 2 aromatic heterocycles. The molecular weight excluding hydrogens is 412 g/mol. The predicted octanol–water partition coefficient (Wildman–Crippen LogP) is -0.00830. The van der Waals surface area contributed by atoms with E-state index in [1.807, 2.05) is 36.4 Å². The van der Waals surface area contributed by atoms with Crippen LogP contribution in [0.1, 0.15) is 24.2 Å². The van der Waals surface area contributed by atoms with Crippen molar-refractivity contribution >= 4 is 17.8 Å². The third-order valence-corrected chi connectivity index (χ3v) is 4.66. The van der Waals surface area contributed by atoms with Crippen LogP contribution < -0.4 is 16.4 Å². The number of ether oxygens (including phenoxy) is 1. The Labute approximate surface area is 187 Å². The van der Waals surface area contributed by atoms with Crippen LogP contribution >= 0.6 is 0 Å². The zero-order valence-corrected chi connectivity index (χ0v) is 18.2. The smallest absolute Gasteiger partial charge is 0.325 e. The first-order valence-corrected chi connectivity index (χ1v) is 10.4. The van der Waals surface area contributed by atoms with Gasteiger partial charge >= 0.3 is 5.97 Å². The molecule has 0 fully saturated rings. The molecule has 10 heteroatoms. The number of hydrogen-bond donors (Lipinski definition) is 3. The van der Waals surface area contributed by atoms with Crippen LogP contribution in [0, 0.1) is 0 Å². The average Bonchev–Trinajstić information content (AvgIpc) is 2.82. The van der Waals surface area contributed by atoms with Gasteiger partial charge in [0.1, 0.15) is 12.6 Å². The van der Waals surface area contributed by atoms with Crippen LogP contribution in [0.15, 0.2) is 48.8 Å². The number of amides is 2. The van der Waals surface area contributed by atoms with Gasteiger partial charge in [-0.2, -0.15) is 0 Å². The van der Waals surface area contributed by atoms with Crippen molar-refractivity contribution in [1.29, 1.82) is 0 Å². The van der Waals surface area contributed by atoms with E-state index >= 15 is 0 Å².